The van der Waals surface area contributed by atoms with E-state index >= 15 is 0 Å². The number of hydrogen-bond donors (Lipinski definition) is 0. The number of benzene rings is 1. The molecule has 1 unspecified atom stereocenters. The first kappa shape index (κ1) is 22.0. The zero-order valence-corrected chi connectivity index (χ0v) is 18.7. The fourth-order valence-electron chi connectivity index (χ4n) is 3.42. The minimum Gasteiger partial charge on any atom is -0.466 e. The van der Waals surface area contributed by atoms with Gasteiger partial charge in [0.05, 0.1) is 36.5 Å². The van der Waals surface area contributed by atoms with Gasteiger partial charge in [-0.3, -0.25) is 14.4 Å². The molecule has 2 amide bonds. The highest BCUT2D eigenvalue weighted by Gasteiger charge is 2.30. The minimum absolute atomic E-state index is 0.0577. The van der Waals surface area contributed by atoms with E-state index in [2.05, 4.69) is 21.0 Å². The third kappa shape index (κ3) is 5.27. The number of rotatable bonds is 6. The lowest BCUT2D eigenvalue weighted by molar-refractivity contribution is -0.151. The number of hydrogen-bond acceptors (Lipinski definition) is 5. The minimum atomic E-state index is -0.298. The van der Waals surface area contributed by atoms with E-state index in [-0.39, 0.29) is 30.2 Å². The second kappa shape index (κ2) is 9.88. The molecule has 0 spiro atoms. The second-order valence-corrected chi connectivity index (χ2v) is 8.16. The van der Waals surface area contributed by atoms with E-state index in [0.717, 1.165) is 16.6 Å². The lowest BCUT2D eigenvalue weighted by Gasteiger charge is -2.32. The summed E-state index contributed by atoms with van der Waals surface area (Å²) in [6.45, 7) is 2.95. The van der Waals surface area contributed by atoms with Gasteiger partial charge in [-0.2, -0.15) is 5.10 Å². The van der Waals surface area contributed by atoms with Gasteiger partial charge < -0.3 is 14.5 Å². The van der Waals surface area contributed by atoms with E-state index in [1.54, 1.807) is 29.7 Å². The number of esters is 1. The van der Waals surface area contributed by atoms with Crippen LogP contribution in [-0.2, 0) is 14.3 Å². The van der Waals surface area contributed by atoms with Crippen LogP contribution in [0, 0.1) is 5.92 Å². The van der Waals surface area contributed by atoms with Crippen LogP contribution in [0.3, 0.4) is 0 Å². The topological polar surface area (TPSA) is 84.7 Å². The molecule has 1 aromatic carbocycles. The van der Waals surface area contributed by atoms with Gasteiger partial charge in [-0.15, -0.1) is 0 Å². The van der Waals surface area contributed by atoms with Gasteiger partial charge in [0.2, 0.25) is 5.91 Å². The molecular formula is C21H25BrN4O4. The number of aromatic nitrogens is 2. The quantitative estimate of drug-likeness (QED) is 0.597. The summed E-state index contributed by atoms with van der Waals surface area (Å²) in [6.07, 6.45) is 4.59. The van der Waals surface area contributed by atoms with E-state index in [4.69, 9.17) is 4.74 Å². The summed E-state index contributed by atoms with van der Waals surface area (Å²) in [5.74, 6) is -1.03. The third-order valence-electron chi connectivity index (χ3n) is 5.03. The van der Waals surface area contributed by atoms with Crippen LogP contribution in [0.2, 0.25) is 0 Å². The average Bonchev–Trinajstić information content (AvgIpc) is 3.24. The summed E-state index contributed by atoms with van der Waals surface area (Å²) in [5.41, 5.74) is 1.23. The van der Waals surface area contributed by atoms with Crippen molar-refractivity contribution in [1.29, 1.82) is 0 Å². The number of likely N-dealkylation sites (tertiary alicyclic amines) is 1. The summed E-state index contributed by atoms with van der Waals surface area (Å²) < 4.78 is 7.65. The molecule has 0 N–H and O–H groups in total. The molecule has 0 saturated carbocycles. The van der Waals surface area contributed by atoms with Gasteiger partial charge in [0.25, 0.3) is 5.91 Å². The highest BCUT2D eigenvalue weighted by molar-refractivity contribution is 9.10. The Morgan fingerprint density at radius 2 is 2.00 bits per heavy atom. The van der Waals surface area contributed by atoms with Crippen molar-refractivity contribution in [3.63, 3.8) is 0 Å². The van der Waals surface area contributed by atoms with Crippen LogP contribution in [0.15, 0.2) is 41.1 Å². The summed E-state index contributed by atoms with van der Waals surface area (Å²) in [6, 6.07) is 7.56. The van der Waals surface area contributed by atoms with Crippen molar-refractivity contribution in [3.8, 4) is 5.69 Å². The molecular weight excluding hydrogens is 452 g/mol. The predicted molar refractivity (Wildman–Crippen MR) is 114 cm³/mol. The molecule has 0 bridgehead atoms. The molecule has 1 aliphatic rings. The maximum absolute atomic E-state index is 12.7. The Morgan fingerprint density at radius 3 is 2.70 bits per heavy atom. The van der Waals surface area contributed by atoms with Crippen LogP contribution < -0.4 is 0 Å². The van der Waals surface area contributed by atoms with Gasteiger partial charge in [0.1, 0.15) is 0 Å². The molecule has 0 aliphatic carbocycles. The van der Waals surface area contributed by atoms with Gasteiger partial charge >= 0.3 is 5.97 Å². The lowest BCUT2D eigenvalue weighted by atomic mass is 9.98. The molecule has 0 radical (unpaired) electrons. The van der Waals surface area contributed by atoms with Crippen molar-refractivity contribution >= 4 is 33.7 Å². The van der Waals surface area contributed by atoms with Gasteiger partial charge in [-0.25, -0.2) is 4.68 Å². The molecule has 9 heteroatoms. The average molecular weight is 477 g/mol. The predicted octanol–water partition coefficient (Wildman–Crippen LogP) is 2.51. The number of amides is 2. The Balaban J connectivity index is 1.59. The zero-order chi connectivity index (χ0) is 21.7. The largest absolute Gasteiger partial charge is 0.466 e. The van der Waals surface area contributed by atoms with Crippen LogP contribution in [0.1, 0.15) is 30.1 Å². The van der Waals surface area contributed by atoms with Gasteiger partial charge in [-0.05, 0) is 44.0 Å². The molecule has 30 heavy (non-hydrogen) atoms. The van der Waals surface area contributed by atoms with Crippen molar-refractivity contribution in [2.24, 2.45) is 5.92 Å². The Morgan fingerprint density at radius 1 is 1.27 bits per heavy atom. The highest BCUT2D eigenvalue weighted by Crippen LogP contribution is 2.19. The zero-order valence-electron chi connectivity index (χ0n) is 17.1. The molecule has 160 valence electrons. The number of nitrogens with zero attached hydrogens (tertiary/aromatic N) is 4. The van der Waals surface area contributed by atoms with Crippen LogP contribution in [0.25, 0.3) is 5.69 Å². The maximum Gasteiger partial charge on any atom is 0.310 e. The number of carbonyl (C=O) groups excluding carboxylic acids is 3. The van der Waals surface area contributed by atoms with Crippen molar-refractivity contribution in [3.05, 3.63) is 46.7 Å². The van der Waals surface area contributed by atoms with Crippen LogP contribution in [0.4, 0.5) is 0 Å². The number of piperidine rings is 1. The fraction of sp³-hybridized carbons (Fsp3) is 0.429. The van der Waals surface area contributed by atoms with Gasteiger partial charge in [0.15, 0.2) is 0 Å². The van der Waals surface area contributed by atoms with Crippen molar-refractivity contribution in [2.45, 2.75) is 19.8 Å². The molecule has 1 fully saturated rings. The van der Waals surface area contributed by atoms with E-state index in [9.17, 15) is 14.4 Å². The van der Waals surface area contributed by atoms with Crippen molar-refractivity contribution in [1.82, 2.24) is 19.6 Å². The summed E-state index contributed by atoms with van der Waals surface area (Å²) in [7, 11) is 1.59. The normalized spacial score (nSPS) is 16.2. The number of ether oxygens (including phenoxy) is 1. The Kier molecular flexibility index (Phi) is 7.25. The fourth-order valence-corrected chi connectivity index (χ4v) is 3.68. The van der Waals surface area contributed by atoms with Crippen LogP contribution in [-0.4, -0.2) is 70.7 Å². The molecule has 3 rings (SSSR count). The maximum atomic E-state index is 12.7. The first-order valence-electron chi connectivity index (χ1n) is 9.89. The van der Waals surface area contributed by atoms with Gasteiger partial charge in [0, 0.05) is 30.8 Å². The summed E-state index contributed by atoms with van der Waals surface area (Å²) in [4.78, 5) is 40.4. The number of likely N-dealkylation sites (N-methyl/N-ethyl adjacent to an activating group) is 1. The van der Waals surface area contributed by atoms with E-state index in [1.807, 2.05) is 24.3 Å². The summed E-state index contributed by atoms with van der Waals surface area (Å²) >= 11 is 3.39. The third-order valence-corrected chi connectivity index (χ3v) is 5.56. The SMILES string of the molecule is CCOC(=O)C1CCCN(C(=O)CN(C)C(=O)c2cnn(-c3ccc(Br)cc3)c2)C1. The molecule has 1 saturated heterocycles. The van der Waals surface area contributed by atoms with Crippen LogP contribution in [0.5, 0.6) is 0 Å². The number of carbonyl (C=O) groups is 3. The molecule has 1 aromatic heterocycles. The Labute approximate surface area is 183 Å². The van der Waals surface area contributed by atoms with Crippen molar-refractivity contribution in [2.75, 3.05) is 33.3 Å². The second-order valence-electron chi connectivity index (χ2n) is 7.24. The monoisotopic (exact) mass is 476 g/mol. The van der Waals surface area contributed by atoms with E-state index in [0.29, 0.717) is 31.7 Å². The Bertz CT molecular complexity index is 912. The molecule has 1 aliphatic heterocycles. The lowest BCUT2D eigenvalue weighted by Crippen LogP contribution is -2.47. The first-order valence-corrected chi connectivity index (χ1v) is 10.7. The smallest absolute Gasteiger partial charge is 0.310 e. The van der Waals surface area contributed by atoms with Crippen LogP contribution >= 0.6 is 15.9 Å². The molecule has 2 heterocycles. The standard InChI is InChI=1S/C21H25BrN4O4/c1-3-30-21(29)15-5-4-10-25(12-15)19(27)14-24(2)20(28)16-11-23-26(13-16)18-8-6-17(22)7-9-18/h6-9,11,13,15H,3-5,10,12,14H2,1-2H3. The highest BCUT2D eigenvalue weighted by atomic mass is 79.9. The number of halogens is 1. The molecule has 8 nitrogen and oxygen atoms in total. The Hall–Kier alpha value is -2.68. The van der Waals surface area contributed by atoms with Crippen molar-refractivity contribution < 1.29 is 19.1 Å². The van der Waals surface area contributed by atoms with Gasteiger partial charge in [-0.1, -0.05) is 15.9 Å². The van der Waals surface area contributed by atoms with E-state index < -0.39 is 0 Å². The molecule has 2 aromatic rings. The van der Waals surface area contributed by atoms with E-state index in [1.165, 1.54) is 11.1 Å². The first-order chi connectivity index (χ1) is 14.4. The summed E-state index contributed by atoms with van der Waals surface area (Å²) in [5, 5.41) is 4.24. The molecule has 1 atom stereocenters.